The molecule has 0 saturated heterocycles. The zero-order valence-corrected chi connectivity index (χ0v) is 12.8. The van der Waals surface area contributed by atoms with Crippen LogP contribution >= 0.6 is 0 Å². The van der Waals surface area contributed by atoms with Crippen LogP contribution in [0.2, 0.25) is 0 Å². The first-order valence-corrected chi connectivity index (χ1v) is 7.80. The number of hydrogen-bond acceptors (Lipinski definition) is 3. The number of hydrogen-bond donors (Lipinski definition) is 1. The number of benzene rings is 2. The quantitative estimate of drug-likeness (QED) is 0.877. The summed E-state index contributed by atoms with van der Waals surface area (Å²) in [7, 11) is 0. The number of fused-ring (bicyclic) bond motifs is 1. The van der Waals surface area contributed by atoms with Gasteiger partial charge in [-0.1, -0.05) is 42.5 Å². The van der Waals surface area contributed by atoms with Crippen LogP contribution < -0.4 is 0 Å². The summed E-state index contributed by atoms with van der Waals surface area (Å²) in [5.74, 6) is -1.85. The molecule has 2 unspecified atom stereocenters. The minimum absolute atomic E-state index is 0.132. The molecule has 0 aromatic heterocycles. The summed E-state index contributed by atoms with van der Waals surface area (Å²) in [5.41, 5.74) is 0.503. The molecule has 5 heteroatoms. The van der Waals surface area contributed by atoms with Crippen molar-refractivity contribution in [2.75, 3.05) is 6.54 Å². The summed E-state index contributed by atoms with van der Waals surface area (Å²) in [6.45, 7) is 0.132. The van der Waals surface area contributed by atoms with Crippen molar-refractivity contribution in [1.29, 1.82) is 0 Å². The minimum Gasteiger partial charge on any atom is -0.481 e. The van der Waals surface area contributed by atoms with Gasteiger partial charge in [0.2, 0.25) is 0 Å². The molecule has 2 aromatic carbocycles. The fraction of sp³-hybridized carbons (Fsp3) is 0.211. The van der Waals surface area contributed by atoms with E-state index in [4.69, 9.17) is 0 Å². The third-order valence-corrected chi connectivity index (χ3v) is 5.06. The fourth-order valence-corrected chi connectivity index (χ4v) is 3.65. The highest BCUT2D eigenvalue weighted by Gasteiger charge is 2.62. The lowest BCUT2D eigenvalue weighted by Gasteiger charge is -2.17. The molecule has 4 rings (SSSR count). The number of carboxylic acid groups (broad SMARTS) is 1. The molecule has 120 valence electrons. The van der Waals surface area contributed by atoms with Crippen molar-refractivity contribution in [1.82, 2.24) is 4.90 Å². The Hall–Kier alpha value is -2.95. The normalized spacial score (nSPS) is 24.8. The molecule has 0 spiro atoms. The summed E-state index contributed by atoms with van der Waals surface area (Å²) in [6, 6.07) is 15.7. The lowest BCUT2D eigenvalue weighted by Crippen LogP contribution is -2.34. The van der Waals surface area contributed by atoms with Gasteiger partial charge in [0.1, 0.15) is 0 Å². The van der Waals surface area contributed by atoms with Gasteiger partial charge in [-0.05, 0) is 30.0 Å². The Bertz CT molecular complexity index is 826. The highest BCUT2D eigenvalue weighted by atomic mass is 16.4. The van der Waals surface area contributed by atoms with Crippen molar-refractivity contribution in [3.63, 3.8) is 0 Å². The van der Waals surface area contributed by atoms with Crippen molar-refractivity contribution >= 4 is 17.8 Å². The first kappa shape index (κ1) is 14.6. The fourth-order valence-electron chi connectivity index (χ4n) is 3.65. The van der Waals surface area contributed by atoms with Crippen molar-refractivity contribution in [2.24, 2.45) is 5.92 Å². The first-order valence-electron chi connectivity index (χ1n) is 7.80. The standard InChI is InChI=1S/C19H15NO4/c21-16-14-8-4-5-9-15(14)17(22)20(16)11-13-10-19(13,18(23)24)12-6-2-1-3-7-12/h1-9,13H,10-11H2,(H,23,24). The van der Waals surface area contributed by atoms with Crippen LogP contribution in [0.25, 0.3) is 0 Å². The topological polar surface area (TPSA) is 74.7 Å². The second-order valence-electron chi connectivity index (χ2n) is 6.31. The predicted octanol–water partition coefficient (Wildman–Crippen LogP) is 2.33. The third-order valence-electron chi connectivity index (χ3n) is 5.06. The van der Waals surface area contributed by atoms with Crippen LogP contribution in [-0.4, -0.2) is 34.3 Å². The molecule has 2 aliphatic rings. The number of aliphatic carboxylic acids is 1. The number of imide groups is 1. The minimum atomic E-state index is -1.00. The summed E-state index contributed by atoms with van der Waals surface area (Å²) in [6.07, 6.45) is 0.430. The summed E-state index contributed by atoms with van der Waals surface area (Å²) < 4.78 is 0. The third kappa shape index (κ3) is 1.91. The van der Waals surface area contributed by atoms with Crippen molar-refractivity contribution < 1.29 is 19.5 Å². The van der Waals surface area contributed by atoms with Gasteiger partial charge >= 0.3 is 5.97 Å². The molecule has 5 nitrogen and oxygen atoms in total. The van der Waals surface area contributed by atoms with E-state index in [1.54, 1.807) is 48.5 Å². The second kappa shape index (κ2) is 5.03. The lowest BCUT2D eigenvalue weighted by atomic mass is 9.93. The second-order valence-corrected chi connectivity index (χ2v) is 6.31. The van der Waals surface area contributed by atoms with Crippen LogP contribution in [0.3, 0.4) is 0 Å². The highest BCUT2D eigenvalue weighted by molar-refractivity contribution is 6.21. The average molecular weight is 321 g/mol. The van der Waals surface area contributed by atoms with Gasteiger partial charge in [0.15, 0.2) is 0 Å². The lowest BCUT2D eigenvalue weighted by molar-refractivity contribution is -0.140. The number of carbonyl (C=O) groups excluding carboxylic acids is 2. The van der Waals surface area contributed by atoms with E-state index in [0.29, 0.717) is 17.5 Å². The Labute approximate surface area is 138 Å². The maximum absolute atomic E-state index is 12.4. The molecule has 1 heterocycles. The van der Waals surface area contributed by atoms with Gasteiger partial charge in [0.05, 0.1) is 16.5 Å². The van der Waals surface area contributed by atoms with Crippen molar-refractivity contribution in [2.45, 2.75) is 11.8 Å². The number of carboxylic acids is 1. The summed E-state index contributed by atoms with van der Waals surface area (Å²) >= 11 is 0. The van der Waals surface area contributed by atoms with E-state index < -0.39 is 11.4 Å². The number of rotatable bonds is 4. The predicted molar refractivity (Wildman–Crippen MR) is 85.7 cm³/mol. The van der Waals surface area contributed by atoms with E-state index in [1.807, 2.05) is 6.07 Å². The van der Waals surface area contributed by atoms with Gasteiger partial charge in [-0.25, -0.2) is 0 Å². The smallest absolute Gasteiger partial charge is 0.314 e. The van der Waals surface area contributed by atoms with E-state index in [9.17, 15) is 19.5 Å². The highest BCUT2D eigenvalue weighted by Crippen LogP contribution is 2.55. The molecule has 0 bridgehead atoms. The molecule has 1 fully saturated rings. The van der Waals surface area contributed by atoms with Gasteiger partial charge in [-0.15, -0.1) is 0 Å². The monoisotopic (exact) mass is 321 g/mol. The maximum Gasteiger partial charge on any atom is 0.314 e. The zero-order valence-electron chi connectivity index (χ0n) is 12.8. The van der Waals surface area contributed by atoms with Crippen LogP contribution in [0.4, 0.5) is 0 Å². The molecule has 2 atom stereocenters. The Morgan fingerprint density at radius 1 is 1.00 bits per heavy atom. The average Bonchev–Trinajstić information content (AvgIpc) is 3.29. The van der Waals surface area contributed by atoms with Gasteiger partial charge in [-0.3, -0.25) is 19.3 Å². The molecule has 0 radical (unpaired) electrons. The Morgan fingerprint density at radius 3 is 2.08 bits per heavy atom. The number of carbonyl (C=O) groups is 3. The molecule has 1 saturated carbocycles. The molecule has 24 heavy (non-hydrogen) atoms. The van der Waals surface area contributed by atoms with E-state index in [2.05, 4.69) is 0 Å². The van der Waals surface area contributed by atoms with Crippen LogP contribution in [0.5, 0.6) is 0 Å². The summed E-state index contributed by atoms with van der Waals surface area (Å²) in [4.78, 5) is 37.9. The van der Waals surface area contributed by atoms with E-state index in [-0.39, 0.29) is 24.3 Å². The Kier molecular flexibility index (Phi) is 3.06. The molecule has 2 aromatic rings. The largest absolute Gasteiger partial charge is 0.481 e. The molecular formula is C19H15NO4. The van der Waals surface area contributed by atoms with Crippen LogP contribution in [-0.2, 0) is 10.2 Å². The SMILES string of the molecule is O=C1c2ccccc2C(=O)N1CC1CC1(C(=O)O)c1ccccc1. The van der Waals surface area contributed by atoms with Crippen LogP contribution in [0, 0.1) is 5.92 Å². The first-order chi connectivity index (χ1) is 11.6. The van der Waals surface area contributed by atoms with Gasteiger partial charge in [-0.2, -0.15) is 0 Å². The van der Waals surface area contributed by atoms with E-state index >= 15 is 0 Å². The summed E-state index contributed by atoms with van der Waals surface area (Å²) in [5, 5.41) is 9.72. The van der Waals surface area contributed by atoms with Gasteiger partial charge in [0.25, 0.3) is 11.8 Å². The molecule has 1 aliphatic carbocycles. The van der Waals surface area contributed by atoms with Gasteiger partial charge < -0.3 is 5.11 Å². The van der Waals surface area contributed by atoms with E-state index in [1.165, 1.54) is 4.90 Å². The van der Waals surface area contributed by atoms with Crippen molar-refractivity contribution in [3.8, 4) is 0 Å². The van der Waals surface area contributed by atoms with Gasteiger partial charge in [0, 0.05) is 6.54 Å². The maximum atomic E-state index is 12.4. The van der Waals surface area contributed by atoms with Crippen LogP contribution in [0.15, 0.2) is 54.6 Å². The molecule has 2 amide bonds. The molecular weight excluding hydrogens is 306 g/mol. The zero-order chi connectivity index (χ0) is 16.9. The molecule has 1 aliphatic heterocycles. The van der Waals surface area contributed by atoms with E-state index in [0.717, 1.165) is 5.56 Å². The van der Waals surface area contributed by atoms with Crippen LogP contribution in [0.1, 0.15) is 32.7 Å². The Morgan fingerprint density at radius 2 is 1.54 bits per heavy atom. The Balaban J connectivity index is 1.61. The molecule has 1 N–H and O–H groups in total. The van der Waals surface area contributed by atoms with Crippen molar-refractivity contribution in [3.05, 3.63) is 71.3 Å². The number of nitrogens with zero attached hydrogens (tertiary/aromatic N) is 1. The number of amides is 2.